The molecule has 2 aromatic rings. The van der Waals surface area contributed by atoms with E-state index in [0.717, 1.165) is 11.1 Å². The fourth-order valence-electron chi connectivity index (χ4n) is 1.92. The van der Waals surface area contributed by atoms with E-state index in [4.69, 9.17) is 4.74 Å². The molecule has 1 N–H and O–H groups in total. The van der Waals surface area contributed by atoms with Crippen LogP contribution >= 0.6 is 0 Å². The van der Waals surface area contributed by atoms with Crippen molar-refractivity contribution in [1.29, 1.82) is 0 Å². The van der Waals surface area contributed by atoms with E-state index in [1.54, 1.807) is 12.1 Å². The number of rotatable bonds is 5. The minimum absolute atomic E-state index is 0.177. The van der Waals surface area contributed by atoms with Crippen LogP contribution in [0.3, 0.4) is 0 Å². The Morgan fingerprint density at radius 2 is 1.90 bits per heavy atom. The van der Waals surface area contributed by atoms with Crippen LogP contribution in [-0.4, -0.2) is 11.1 Å². The van der Waals surface area contributed by atoms with Gasteiger partial charge in [0.1, 0.15) is 17.9 Å². The first-order chi connectivity index (χ1) is 9.72. The summed E-state index contributed by atoms with van der Waals surface area (Å²) in [6.07, 6.45) is 3.70. The van der Waals surface area contributed by atoms with Gasteiger partial charge in [0.05, 0.1) is 0 Å². The van der Waals surface area contributed by atoms with Crippen molar-refractivity contribution >= 4 is 12.0 Å². The molecular formula is C17H16O3. The Morgan fingerprint density at radius 3 is 2.55 bits per heavy atom. The number of carboxylic acid groups (broad SMARTS) is 1. The van der Waals surface area contributed by atoms with Gasteiger partial charge in [-0.05, 0) is 18.6 Å². The molecule has 0 fully saturated rings. The summed E-state index contributed by atoms with van der Waals surface area (Å²) in [7, 11) is 0. The predicted octanol–water partition coefficient (Wildman–Crippen LogP) is 4.00. The second kappa shape index (κ2) is 6.57. The topological polar surface area (TPSA) is 46.5 Å². The molecule has 0 saturated heterocycles. The number of hydrogen-bond donors (Lipinski definition) is 1. The van der Waals surface area contributed by atoms with Gasteiger partial charge in [0, 0.05) is 5.56 Å². The highest BCUT2D eigenvalue weighted by Gasteiger charge is 2.14. The van der Waals surface area contributed by atoms with E-state index in [1.807, 2.05) is 55.5 Å². The number of hydrogen-bond acceptors (Lipinski definition) is 2. The number of allylic oxidation sites excluding steroid dienone is 1. The first-order valence-corrected chi connectivity index (χ1v) is 6.38. The molecule has 3 nitrogen and oxygen atoms in total. The van der Waals surface area contributed by atoms with Crippen molar-refractivity contribution < 1.29 is 14.6 Å². The first-order valence-electron chi connectivity index (χ1n) is 6.38. The van der Waals surface area contributed by atoms with Gasteiger partial charge in [-0.3, -0.25) is 0 Å². The Hall–Kier alpha value is -2.55. The van der Waals surface area contributed by atoms with Crippen LogP contribution in [-0.2, 0) is 6.61 Å². The van der Waals surface area contributed by atoms with Gasteiger partial charge in [-0.15, -0.1) is 0 Å². The third kappa shape index (κ3) is 3.26. The van der Waals surface area contributed by atoms with Crippen molar-refractivity contribution in [2.45, 2.75) is 13.5 Å². The summed E-state index contributed by atoms with van der Waals surface area (Å²) in [6.45, 7) is 2.23. The maximum absolute atomic E-state index is 11.3. The van der Waals surface area contributed by atoms with E-state index >= 15 is 0 Å². The molecule has 0 aliphatic rings. The molecule has 2 aromatic carbocycles. The van der Waals surface area contributed by atoms with Gasteiger partial charge < -0.3 is 9.84 Å². The van der Waals surface area contributed by atoms with E-state index in [9.17, 15) is 9.90 Å². The number of para-hydroxylation sites is 1. The quantitative estimate of drug-likeness (QED) is 0.891. The number of aromatic carboxylic acids is 1. The molecule has 0 unspecified atom stereocenters. The molecule has 0 aliphatic carbocycles. The molecule has 0 saturated carbocycles. The fraction of sp³-hybridized carbons (Fsp3) is 0.118. The van der Waals surface area contributed by atoms with Gasteiger partial charge in [-0.2, -0.15) is 0 Å². The number of ether oxygens (including phenoxy) is 1. The molecule has 0 spiro atoms. The highest BCUT2D eigenvalue weighted by Crippen LogP contribution is 2.26. The van der Waals surface area contributed by atoms with E-state index in [-0.39, 0.29) is 5.56 Å². The SMILES string of the molecule is CC=Cc1cccc(C(=O)O)c1OCc1ccccc1. The van der Waals surface area contributed by atoms with E-state index in [0.29, 0.717) is 12.4 Å². The lowest BCUT2D eigenvalue weighted by Crippen LogP contribution is -2.05. The van der Waals surface area contributed by atoms with Crippen LogP contribution in [0.25, 0.3) is 6.08 Å². The van der Waals surface area contributed by atoms with Gasteiger partial charge in [0.15, 0.2) is 0 Å². The number of carboxylic acids is 1. The molecule has 0 radical (unpaired) electrons. The summed E-state index contributed by atoms with van der Waals surface area (Å²) in [5, 5.41) is 9.25. The lowest BCUT2D eigenvalue weighted by Gasteiger charge is -2.12. The summed E-state index contributed by atoms with van der Waals surface area (Å²) >= 11 is 0. The monoisotopic (exact) mass is 268 g/mol. The summed E-state index contributed by atoms with van der Waals surface area (Å²) in [4.78, 5) is 11.3. The van der Waals surface area contributed by atoms with Gasteiger partial charge >= 0.3 is 5.97 Å². The second-order valence-electron chi connectivity index (χ2n) is 4.30. The van der Waals surface area contributed by atoms with Crippen LogP contribution in [0.5, 0.6) is 5.75 Å². The highest BCUT2D eigenvalue weighted by molar-refractivity contribution is 5.92. The van der Waals surface area contributed by atoms with Gasteiger partial charge in [-0.25, -0.2) is 4.79 Å². The Bertz CT molecular complexity index is 615. The maximum atomic E-state index is 11.3. The zero-order valence-electron chi connectivity index (χ0n) is 11.2. The molecule has 0 heterocycles. The zero-order valence-corrected chi connectivity index (χ0v) is 11.2. The Kier molecular flexibility index (Phi) is 4.56. The predicted molar refractivity (Wildman–Crippen MR) is 78.9 cm³/mol. The van der Waals surface area contributed by atoms with E-state index in [2.05, 4.69) is 0 Å². The minimum Gasteiger partial charge on any atom is -0.487 e. The van der Waals surface area contributed by atoms with Gasteiger partial charge in [-0.1, -0.05) is 54.6 Å². The zero-order chi connectivity index (χ0) is 14.4. The van der Waals surface area contributed by atoms with Crippen LogP contribution in [0.4, 0.5) is 0 Å². The van der Waals surface area contributed by atoms with Crippen molar-refractivity contribution in [2.75, 3.05) is 0 Å². The smallest absolute Gasteiger partial charge is 0.339 e. The van der Waals surface area contributed by atoms with Crippen LogP contribution < -0.4 is 4.74 Å². The van der Waals surface area contributed by atoms with Crippen molar-refractivity contribution in [1.82, 2.24) is 0 Å². The summed E-state index contributed by atoms with van der Waals surface area (Å²) in [5.41, 5.74) is 1.94. The molecule has 0 amide bonds. The van der Waals surface area contributed by atoms with Crippen molar-refractivity contribution in [3.63, 3.8) is 0 Å². The molecule has 0 bridgehead atoms. The average molecular weight is 268 g/mol. The minimum atomic E-state index is -0.987. The van der Waals surface area contributed by atoms with Crippen molar-refractivity contribution in [3.05, 3.63) is 71.3 Å². The number of benzene rings is 2. The maximum Gasteiger partial charge on any atom is 0.339 e. The molecule has 3 heteroatoms. The molecular weight excluding hydrogens is 252 g/mol. The van der Waals surface area contributed by atoms with Crippen molar-refractivity contribution in [2.24, 2.45) is 0 Å². The molecule has 0 aromatic heterocycles. The first kappa shape index (κ1) is 13.9. The lowest BCUT2D eigenvalue weighted by molar-refractivity contribution is 0.0691. The standard InChI is InChI=1S/C17H16O3/c1-2-7-14-10-6-11-15(17(18)19)16(14)20-12-13-8-4-3-5-9-13/h2-11H,12H2,1H3,(H,18,19). The number of carbonyl (C=O) groups is 1. The molecule has 0 aliphatic heterocycles. The third-order valence-electron chi connectivity index (χ3n) is 2.85. The molecule has 102 valence electrons. The largest absolute Gasteiger partial charge is 0.487 e. The Labute approximate surface area is 118 Å². The normalized spacial score (nSPS) is 10.7. The lowest BCUT2D eigenvalue weighted by atomic mass is 10.1. The molecule has 2 rings (SSSR count). The summed E-state index contributed by atoms with van der Waals surface area (Å²) in [6, 6.07) is 14.8. The van der Waals surface area contributed by atoms with Crippen LogP contribution in [0.1, 0.15) is 28.4 Å². The van der Waals surface area contributed by atoms with E-state index < -0.39 is 5.97 Å². The van der Waals surface area contributed by atoms with Crippen molar-refractivity contribution in [3.8, 4) is 5.75 Å². The molecule has 0 atom stereocenters. The van der Waals surface area contributed by atoms with Gasteiger partial charge in [0.2, 0.25) is 0 Å². The second-order valence-corrected chi connectivity index (χ2v) is 4.30. The Morgan fingerprint density at radius 1 is 1.15 bits per heavy atom. The van der Waals surface area contributed by atoms with E-state index in [1.165, 1.54) is 0 Å². The van der Waals surface area contributed by atoms with Gasteiger partial charge in [0.25, 0.3) is 0 Å². The summed E-state index contributed by atoms with van der Waals surface area (Å²) in [5.74, 6) is -0.582. The van der Waals surface area contributed by atoms with Crippen LogP contribution in [0, 0.1) is 0 Å². The molecule has 20 heavy (non-hydrogen) atoms. The third-order valence-corrected chi connectivity index (χ3v) is 2.85. The van der Waals surface area contributed by atoms with Crippen LogP contribution in [0.2, 0.25) is 0 Å². The summed E-state index contributed by atoms with van der Waals surface area (Å²) < 4.78 is 5.74. The highest BCUT2D eigenvalue weighted by atomic mass is 16.5. The fourth-order valence-corrected chi connectivity index (χ4v) is 1.92. The average Bonchev–Trinajstić information content (AvgIpc) is 2.47. The van der Waals surface area contributed by atoms with Crippen LogP contribution in [0.15, 0.2) is 54.6 Å². The Balaban J connectivity index is 2.30.